The van der Waals surface area contributed by atoms with Crippen molar-refractivity contribution in [2.24, 2.45) is 0 Å². The fourth-order valence-electron chi connectivity index (χ4n) is 1.75. The van der Waals surface area contributed by atoms with Crippen molar-refractivity contribution in [3.8, 4) is 0 Å². The van der Waals surface area contributed by atoms with Crippen molar-refractivity contribution in [3.05, 3.63) is 0 Å². The van der Waals surface area contributed by atoms with Gasteiger partial charge in [-0.25, -0.2) is 0 Å². The number of nitrogens with zero attached hydrogens (tertiary/aromatic N) is 1. The van der Waals surface area contributed by atoms with Gasteiger partial charge in [0.2, 0.25) is 0 Å². The molecule has 0 saturated carbocycles. The fourth-order valence-corrected chi connectivity index (χ4v) is 1.75. The molecule has 4 nitrogen and oxygen atoms in total. The van der Waals surface area contributed by atoms with Crippen LogP contribution in [0.4, 0.5) is 4.79 Å². The number of hydrogen-bond donors (Lipinski definition) is 0. The standard InChI is InChI=1S/C10H18BNO3.2C2H6/c1-10(2,3)15-9(13)12-6-4-5-8(12)7-11-14;2*1-2/h8H,4-7H2,1-3H3;2*1-2H3. The van der Waals surface area contributed by atoms with Gasteiger partial charge in [0.25, 0.3) is 0 Å². The Morgan fingerprint density at radius 2 is 1.79 bits per heavy atom. The zero-order chi connectivity index (χ0) is 15.5. The molecule has 0 bridgehead atoms. The molecule has 1 amide bonds. The van der Waals surface area contributed by atoms with Crippen molar-refractivity contribution < 1.29 is 14.2 Å². The van der Waals surface area contributed by atoms with E-state index in [9.17, 15) is 9.50 Å². The molecule has 1 saturated heterocycles. The van der Waals surface area contributed by atoms with Gasteiger partial charge < -0.3 is 0 Å². The monoisotopic (exact) mass is 271 g/mol. The van der Waals surface area contributed by atoms with Crippen LogP contribution in [0.3, 0.4) is 0 Å². The normalized spacial score (nSPS) is 17.4. The van der Waals surface area contributed by atoms with E-state index in [0.717, 1.165) is 20.0 Å². The van der Waals surface area contributed by atoms with Gasteiger partial charge in [-0.15, -0.1) is 0 Å². The number of amides is 1. The number of carbonyl (C=O) groups excluding carboxylic acids is 1. The van der Waals surface area contributed by atoms with Crippen molar-refractivity contribution in [2.45, 2.75) is 79.3 Å². The van der Waals surface area contributed by atoms with Crippen molar-refractivity contribution in [2.75, 3.05) is 6.54 Å². The first-order chi connectivity index (χ1) is 8.94. The van der Waals surface area contributed by atoms with E-state index in [0.29, 0.717) is 12.9 Å². The van der Waals surface area contributed by atoms with Gasteiger partial charge in [-0.2, -0.15) is 0 Å². The van der Waals surface area contributed by atoms with Crippen LogP contribution >= 0.6 is 0 Å². The second-order valence-corrected chi connectivity index (χ2v) is 4.87. The van der Waals surface area contributed by atoms with Gasteiger partial charge in [0.15, 0.2) is 0 Å². The third-order valence-electron chi connectivity index (χ3n) is 2.37. The zero-order valence-corrected chi connectivity index (χ0v) is 13.7. The Bertz CT molecular complexity index is 252. The molecule has 112 valence electrons. The average molecular weight is 271 g/mol. The second kappa shape index (κ2) is 11.0. The summed E-state index contributed by atoms with van der Waals surface area (Å²) in [5, 5.41) is 0. The van der Waals surface area contributed by atoms with Crippen LogP contribution in [-0.2, 0) is 9.44 Å². The number of rotatable bonds is 2. The maximum atomic E-state index is 11.7. The summed E-state index contributed by atoms with van der Waals surface area (Å²) in [6.07, 6.45) is 1.97. The molecule has 1 aliphatic heterocycles. The Morgan fingerprint density at radius 3 is 2.21 bits per heavy atom. The zero-order valence-electron chi connectivity index (χ0n) is 13.7. The molecule has 0 radical (unpaired) electrons. The van der Waals surface area contributed by atoms with Gasteiger partial charge in [-0.05, 0) is 0 Å². The van der Waals surface area contributed by atoms with Crippen molar-refractivity contribution >= 4 is 13.2 Å². The van der Waals surface area contributed by atoms with Crippen LogP contribution in [0.25, 0.3) is 0 Å². The Morgan fingerprint density at radius 1 is 1.26 bits per heavy atom. The van der Waals surface area contributed by atoms with Crippen LogP contribution in [0.2, 0.25) is 6.32 Å². The van der Waals surface area contributed by atoms with Crippen molar-refractivity contribution in [1.29, 1.82) is 0 Å². The predicted octanol–water partition coefficient (Wildman–Crippen LogP) is 3.91. The van der Waals surface area contributed by atoms with E-state index in [4.69, 9.17) is 4.74 Å². The first-order valence-corrected chi connectivity index (χ1v) is 7.37. The predicted molar refractivity (Wildman–Crippen MR) is 79.9 cm³/mol. The molecule has 0 N–H and O–H groups in total. The van der Waals surface area contributed by atoms with Crippen LogP contribution < -0.4 is 0 Å². The van der Waals surface area contributed by atoms with Crippen LogP contribution in [0.1, 0.15) is 61.3 Å². The Balaban J connectivity index is 0. The molecule has 1 fully saturated rings. The molecule has 0 spiro atoms. The molecule has 1 atom stereocenters. The Labute approximate surface area is 119 Å². The third-order valence-corrected chi connectivity index (χ3v) is 2.37. The van der Waals surface area contributed by atoms with Gasteiger partial charge in [0.05, 0.1) is 0 Å². The summed E-state index contributed by atoms with van der Waals surface area (Å²) >= 11 is 0. The first kappa shape index (κ1) is 20.5. The molecule has 0 aliphatic carbocycles. The molecule has 0 aromatic rings. The van der Waals surface area contributed by atoms with E-state index in [-0.39, 0.29) is 12.1 Å². The molecule has 1 rings (SSSR count). The minimum absolute atomic E-state index is 0.0392. The number of hydrogen-bond acceptors (Lipinski definition) is 3. The van der Waals surface area contributed by atoms with Gasteiger partial charge in [-0.3, -0.25) is 0 Å². The van der Waals surface area contributed by atoms with E-state index in [1.165, 1.54) is 0 Å². The molecule has 19 heavy (non-hydrogen) atoms. The van der Waals surface area contributed by atoms with E-state index in [2.05, 4.69) is 0 Å². The molecule has 5 heteroatoms. The number of carbonyl (C=O) groups is 1. The van der Waals surface area contributed by atoms with E-state index >= 15 is 0 Å². The minimum atomic E-state index is -0.467. The van der Waals surface area contributed by atoms with Crippen LogP contribution in [0.15, 0.2) is 0 Å². The van der Waals surface area contributed by atoms with Crippen molar-refractivity contribution in [3.63, 3.8) is 0 Å². The second-order valence-electron chi connectivity index (χ2n) is 4.87. The fraction of sp³-hybridized carbons (Fsp3) is 0.929. The third kappa shape index (κ3) is 8.79. The average Bonchev–Trinajstić information content (AvgIpc) is 2.81. The molecule has 0 aromatic carbocycles. The molecule has 1 aliphatic rings. The van der Waals surface area contributed by atoms with Gasteiger partial charge >= 0.3 is 90.5 Å². The SMILES string of the molecule is CC.CC.CC(C)(C)OC(=O)N1CCCC1CB=O. The van der Waals surface area contributed by atoms with Crippen LogP contribution in [0.5, 0.6) is 0 Å². The quantitative estimate of drug-likeness (QED) is 0.715. The summed E-state index contributed by atoms with van der Waals surface area (Å²) < 4.78 is 15.7. The molecular weight excluding hydrogens is 241 g/mol. The summed E-state index contributed by atoms with van der Waals surface area (Å²) in [4.78, 5) is 13.4. The summed E-state index contributed by atoms with van der Waals surface area (Å²) in [5.41, 5.74) is -0.467. The maximum absolute atomic E-state index is 11.7. The number of ether oxygens (including phenoxy) is 1. The van der Waals surface area contributed by atoms with E-state index in [1.807, 2.05) is 48.5 Å². The van der Waals surface area contributed by atoms with Crippen LogP contribution in [-0.4, -0.2) is 36.3 Å². The summed E-state index contributed by atoms with van der Waals surface area (Å²) in [6, 6.07) is 0.0392. The molecule has 1 heterocycles. The van der Waals surface area contributed by atoms with Crippen molar-refractivity contribution in [1.82, 2.24) is 4.90 Å². The first-order valence-electron chi connectivity index (χ1n) is 7.37. The van der Waals surface area contributed by atoms with E-state index < -0.39 is 5.60 Å². The molecule has 1 unspecified atom stereocenters. The Hall–Kier alpha value is -0.865. The molecular formula is C14H30BNO3. The van der Waals surface area contributed by atoms with Gasteiger partial charge in [0.1, 0.15) is 0 Å². The van der Waals surface area contributed by atoms with Crippen LogP contribution in [0, 0.1) is 0 Å². The number of likely N-dealkylation sites (tertiary alicyclic amines) is 1. The summed E-state index contributed by atoms with van der Waals surface area (Å²) in [7, 11) is 0.868. The summed E-state index contributed by atoms with van der Waals surface area (Å²) in [6.45, 7) is 14.2. The Kier molecular flexibility index (Phi) is 11.8. The van der Waals surface area contributed by atoms with Gasteiger partial charge in [0, 0.05) is 0 Å². The van der Waals surface area contributed by atoms with E-state index in [1.54, 1.807) is 4.90 Å². The van der Waals surface area contributed by atoms with Gasteiger partial charge in [-0.1, -0.05) is 27.7 Å². The molecule has 0 aromatic heterocycles. The summed E-state index contributed by atoms with van der Waals surface area (Å²) in [5.74, 6) is 0. The topological polar surface area (TPSA) is 46.6 Å².